The summed E-state index contributed by atoms with van der Waals surface area (Å²) in [6.45, 7) is 5.51. The summed E-state index contributed by atoms with van der Waals surface area (Å²) in [5, 5.41) is 4.80. The van der Waals surface area contributed by atoms with Crippen LogP contribution >= 0.6 is 11.3 Å². The number of rotatable bonds is 3. The van der Waals surface area contributed by atoms with E-state index in [1.54, 1.807) is 16.2 Å². The smallest absolute Gasteiger partial charge is 0.323 e. The van der Waals surface area contributed by atoms with Gasteiger partial charge in [-0.25, -0.2) is 9.78 Å². The van der Waals surface area contributed by atoms with E-state index in [4.69, 9.17) is 0 Å². The van der Waals surface area contributed by atoms with Gasteiger partial charge >= 0.3 is 6.03 Å². The van der Waals surface area contributed by atoms with Gasteiger partial charge in [-0.3, -0.25) is 4.90 Å². The lowest BCUT2D eigenvalue weighted by Gasteiger charge is -2.08. The molecular formula is C17H18N4OS. The van der Waals surface area contributed by atoms with Crippen molar-refractivity contribution in [3.63, 3.8) is 0 Å². The molecule has 6 heteroatoms. The number of nitrogens with one attached hydrogen (secondary N) is 2. The minimum atomic E-state index is -0.0606. The third kappa shape index (κ3) is 2.39. The van der Waals surface area contributed by atoms with E-state index >= 15 is 0 Å². The summed E-state index contributed by atoms with van der Waals surface area (Å²) < 4.78 is 0. The Morgan fingerprint density at radius 2 is 2.22 bits per heavy atom. The summed E-state index contributed by atoms with van der Waals surface area (Å²) in [4.78, 5) is 22.7. The van der Waals surface area contributed by atoms with Gasteiger partial charge in [0.2, 0.25) is 0 Å². The highest BCUT2D eigenvalue weighted by atomic mass is 32.1. The molecule has 0 bridgehead atoms. The van der Waals surface area contributed by atoms with Gasteiger partial charge < -0.3 is 10.3 Å². The van der Waals surface area contributed by atoms with Crippen LogP contribution in [0.5, 0.6) is 0 Å². The second kappa shape index (κ2) is 5.38. The van der Waals surface area contributed by atoms with Gasteiger partial charge in [-0.1, -0.05) is 24.3 Å². The first-order valence-corrected chi connectivity index (χ1v) is 8.62. The maximum Gasteiger partial charge on any atom is 0.323 e. The second-order valence-electron chi connectivity index (χ2n) is 5.75. The van der Waals surface area contributed by atoms with Crippen molar-refractivity contribution < 1.29 is 4.79 Å². The Hall–Kier alpha value is -2.34. The fourth-order valence-corrected chi connectivity index (χ4v) is 3.99. The molecule has 0 spiro atoms. The number of anilines is 1. The number of benzene rings is 1. The number of carbonyl (C=O) groups is 1. The number of nitrogens with zero attached hydrogens (tertiary/aromatic N) is 2. The number of H-pyrrole nitrogens is 1. The lowest BCUT2D eigenvalue weighted by molar-refractivity contribution is 0.252. The number of thiazole rings is 1. The lowest BCUT2D eigenvalue weighted by Crippen LogP contribution is -2.27. The van der Waals surface area contributed by atoms with E-state index in [2.05, 4.69) is 46.5 Å². The number of carbonyl (C=O) groups excluding carboxylic acids is 1. The molecule has 0 aliphatic carbocycles. The number of hydrogen-bond acceptors (Lipinski definition) is 3. The van der Waals surface area contributed by atoms with Crippen LogP contribution < -0.4 is 10.2 Å². The van der Waals surface area contributed by atoms with Gasteiger partial charge in [-0.05, 0) is 37.1 Å². The molecule has 1 fully saturated rings. The highest BCUT2D eigenvalue weighted by Gasteiger charge is 2.25. The Morgan fingerprint density at radius 3 is 2.96 bits per heavy atom. The SMILES string of the molecule is CCc1ccc2[nH]c(-c3sc(N4CCNC4=O)nc3C)cc2c1. The summed E-state index contributed by atoms with van der Waals surface area (Å²) in [6.07, 6.45) is 1.03. The first-order valence-electron chi connectivity index (χ1n) is 7.80. The number of aromatic nitrogens is 2. The van der Waals surface area contributed by atoms with Crippen molar-refractivity contribution in [2.75, 3.05) is 18.0 Å². The Bertz CT molecular complexity index is 895. The Morgan fingerprint density at radius 1 is 1.35 bits per heavy atom. The zero-order chi connectivity index (χ0) is 16.0. The van der Waals surface area contributed by atoms with Crippen LogP contribution in [0.25, 0.3) is 21.5 Å². The zero-order valence-electron chi connectivity index (χ0n) is 13.1. The van der Waals surface area contributed by atoms with Crippen LogP contribution in [0, 0.1) is 6.92 Å². The molecule has 2 N–H and O–H groups in total. The molecule has 1 saturated heterocycles. The van der Waals surface area contributed by atoms with E-state index in [0.717, 1.165) is 33.3 Å². The minimum absolute atomic E-state index is 0.0606. The molecule has 2 amide bonds. The van der Waals surface area contributed by atoms with E-state index in [0.29, 0.717) is 13.1 Å². The number of fused-ring (bicyclic) bond motifs is 1. The molecule has 2 aromatic heterocycles. The van der Waals surface area contributed by atoms with Crippen molar-refractivity contribution in [2.24, 2.45) is 0 Å². The molecule has 1 aliphatic heterocycles. The minimum Gasteiger partial charge on any atom is -0.354 e. The van der Waals surface area contributed by atoms with Crippen molar-refractivity contribution in [1.29, 1.82) is 0 Å². The summed E-state index contributed by atoms with van der Waals surface area (Å²) in [6, 6.07) is 8.61. The van der Waals surface area contributed by atoms with Crippen LogP contribution in [0.15, 0.2) is 24.3 Å². The van der Waals surface area contributed by atoms with Crippen molar-refractivity contribution in [2.45, 2.75) is 20.3 Å². The predicted octanol–water partition coefficient (Wildman–Crippen LogP) is 3.69. The standard InChI is InChI=1S/C17H18N4OS/c1-3-11-4-5-13-12(8-11)9-14(20-13)15-10(2)19-17(23-15)21-7-6-18-16(21)22/h4-5,8-9,20H,3,6-7H2,1-2H3,(H,18,22). The number of aromatic amines is 1. The van der Waals surface area contributed by atoms with Crippen molar-refractivity contribution >= 4 is 33.4 Å². The van der Waals surface area contributed by atoms with Crippen LogP contribution in [0.1, 0.15) is 18.2 Å². The molecule has 0 radical (unpaired) electrons. The molecular weight excluding hydrogens is 308 g/mol. The third-order valence-corrected chi connectivity index (χ3v) is 5.42. The summed E-state index contributed by atoms with van der Waals surface area (Å²) >= 11 is 1.56. The Labute approximate surface area is 138 Å². The Balaban J connectivity index is 1.75. The summed E-state index contributed by atoms with van der Waals surface area (Å²) in [7, 11) is 0. The predicted molar refractivity (Wildman–Crippen MR) is 94.3 cm³/mol. The van der Waals surface area contributed by atoms with Crippen molar-refractivity contribution in [1.82, 2.24) is 15.3 Å². The molecule has 0 atom stereocenters. The summed E-state index contributed by atoms with van der Waals surface area (Å²) in [5.41, 5.74) is 4.48. The highest BCUT2D eigenvalue weighted by Crippen LogP contribution is 2.36. The highest BCUT2D eigenvalue weighted by molar-refractivity contribution is 7.19. The zero-order valence-corrected chi connectivity index (χ0v) is 14.0. The van der Waals surface area contributed by atoms with Crippen LogP contribution in [0.4, 0.5) is 9.93 Å². The van der Waals surface area contributed by atoms with E-state index < -0.39 is 0 Å². The van der Waals surface area contributed by atoms with Crippen LogP contribution in [0.3, 0.4) is 0 Å². The molecule has 1 aliphatic rings. The molecule has 5 nitrogen and oxygen atoms in total. The largest absolute Gasteiger partial charge is 0.354 e. The van der Waals surface area contributed by atoms with Gasteiger partial charge in [0.05, 0.1) is 16.3 Å². The number of hydrogen-bond donors (Lipinski definition) is 2. The average molecular weight is 326 g/mol. The van der Waals surface area contributed by atoms with Crippen LogP contribution in [0.2, 0.25) is 0 Å². The van der Waals surface area contributed by atoms with Gasteiger partial charge in [0.25, 0.3) is 0 Å². The number of aryl methyl sites for hydroxylation is 2. The van der Waals surface area contributed by atoms with Gasteiger partial charge in [0.1, 0.15) is 0 Å². The molecule has 3 aromatic rings. The average Bonchev–Trinajstić information content (AvgIpc) is 3.23. The van der Waals surface area contributed by atoms with Crippen molar-refractivity contribution in [3.05, 3.63) is 35.5 Å². The molecule has 1 aromatic carbocycles. The molecule has 4 rings (SSSR count). The van der Waals surface area contributed by atoms with Gasteiger partial charge in [0, 0.05) is 24.0 Å². The normalized spacial score (nSPS) is 14.7. The fourth-order valence-electron chi connectivity index (χ4n) is 2.93. The van der Waals surface area contributed by atoms with E-state index in [1.165, 1.54) is 10.9 Å². The van der Waals surface area contributed by atoms with Gasteiger partial charge in [-0.15, -0.1) is 0 Å². The lowest BCUT2D eigenvalue weighted by atomic mass is 10.1. The molecule has 3 heterocycles. The first kappa shape index (κ1) is 14.3. The maximum absolute atomic E-state index is 11.8. The Kier molecular flexibility index (Phi) is 3.34. The fraction of sp³-hybridized carbons (Fsp3) is 0.294. The maximum atomic E-state index is 11.8. The quantitative estimate of drug-likeness (QED) is 0.771. The topological polar surface area (TPSA) is 61.0 Å². The number of urea groups is 1. The van der Waals surface area contributed by atoms with Crippen molar-refractivity contribution in [3.8, 4) is 10.6 Å². The van der Waals surface area contributed by atoms with Crippen LogP contribution in [-0.2, 0) is 6.42 Å². The van der Waals surface area contributed by atoms with Crippen LogP contribution in [-0.4, -0.2) is 29.1 Å². The molecule has 118 valence electrons. The molecule has 0 unspecified atom stereocenters. The second-order valence-corrected chi connectivity index (χ2v) is 6.73. The molecule has 23 heavy (non-hydrogen) atoms. The third-order valence-electron chi connectivity index (χ3n) is 4.21. The first-order chi connectivity index (χ1) is 11.2. The van der Waals surface area contributed by atoms with Gasteiger partial charge in [-0.2, -0.15) is 0 Å². The van der Waals surface area contributed by atoms with E-state index in [1.807, 2.05) is 6.92 Å². The van der Waals surface area contributed by atoms with Gasteiger partial charge in [0.15, 0.2) is 5.13 Å². The van der Waals surface area contributed by atoms with E-state index in [-0.39, 0.29) is 6.03 Å². The van der Waals surface area contributed by atoms with E-state index in [9.17, 15) is 4.79 Å². The molecule has 0 saturated carbocycles. The summed E-state index contributed by atoms with van der Waals surface area (Å²) in [5.74, 6) is 0. The monoisotopic (exact) mass is 326 g/mol. The number of amides is 2.